The minimum atomic E-state index is -0.905. The molecule has 2 aromatic rings. The molecule has 1 aromatic heterocycles. The van der Waals surface area contributed by atoms with E-state index in [1.165, 1.54) is 0 Å². The van der Waals surface area contributed by atoms with Crippen molar-refractivity contribution in [2.24, 2.45) is 0 Å². The highest BCUT2D eigenvalue weighted by Crippen LogP contribution is 2.26. The van der Waals surface area contributed by atoms with E-state index in [9.17, 15) is 5.11 Å². The summed E-state index contributed by atoms with van der Waals surface area (Å²) in [5.74, 6) is 0.478. The largest absolute Gasteiger partial charge is 0.385 e. The number of rotatable bonds is 3. The van der Waals surface area contributed by atoms with Crippen LogP contribution in [0.5, 0.6) is 0 Å². The van der Waals surface area contributed by atoms with Crippen LogP contribution in [0, 0.1) is 3.57 Å². The number of nitrogen functional groups attached to an aromatic ring is 1. The third-order valence-corrected chi connectivity index (χ3v) is 3.58. The van der Waals surface area contributed by atoms with Crippen molar-refractivity contribution >= 4 is 28.4 Å². The number of hydrogen-bond acceptors (Lipinski definition) is 3. The van der Waals surface area contributed by atoms with Gasteiger partial charge in [0.1, 0.15) is 5.82 Å². The number of nitrogens with zero attached hydrogens (tertiary/aromatic N) is 1. The molecular formula is C14H15IN2O. The first kappa shape index (κ1) is 13.3. The summed E-state index contributed by atoms with van der Waals surface area (Å²) >= 11 is 2.25. The third-order valence-electron chi connectivity index (χ3n) is 2.86. The van der Waals surface area contributed by atoms with E-state index in [1.807, 2.05) is 37.3 Å². The van der Waals surface area contributed by atoms with Gasteiger partial charge in [-0.15, -0.1) is 0 Å². The van der Waals surface area contributed by atoms with Crippen molar-refractivity contribution in [1.29, 1.82) is 0 Å². The van der Waals surface area contributed by atoms with Gasteiger partial charge in [0.15, 0.2) is 0 Å². The number of halogens is 1. The normalized spacial score (nSPS) is 14.2. The second-order valence-electron chi connectivity index (χ2n) is 4.55. The highest BCUT2D eigenvalue weighted by molar-refractivity contribution is 14.1. The molecule has 0 aliphatic heterocycles. The van der Waals surface area contributed by atoms with Crippen molar-refractivity contribution in [3.8, 4) is 0 Å². The van der Waals surface area contributed by atoms with E-state index in [2.05, 4.69) is 27.6 Å². The van der Waals surface area contributed by atoms with Crippen molar-refractivity contribution in [2.45, 2.75) is 18.9 Å². The molecule has 0 saturated carbocycles. The standard InChI is InChI=1S/C14H15IN2O/c1-14(18,11-2-4-12(15)5-3-11)9-10-6-7-17-13(16)8-10/h2-8,18H,9H2,1H3,(H2,16,17). The molecule has 0 radical (unpaired) electrons. The summed E-state index contributed by atoms with van der Waals surface area (Å²) in [6, 6.07) is 11.5. The number of aromatic nitrogens is 1. The first-order chi connectivity index (χ1) is 8.47. The number of benzene rings is 1. The highest BCUT2D eigenvalue weighted by atomic mass is 127. The van der Waals surface area contributed by atoms with Gasteiger partial charge < -0.3 is 10.8 Å². The maximum absolute atomic E-state index is 10.6. The summed E-state index contributed by atoms with van der Waals surface area (Å²) in [5.41, 5.74) is 6.62. The lowest BCUT2D eigenvalue weighted by Gasteiger charge is -2.24. The average Bonchev–Trinajstić information content (AvgIpc) is 2.29. The Kier molecular flexibility index (Phi) is 3.87. The third kappa shape index (κ3) is 3.20. The molecular weight excluding hydrogens is 339 g/mol. The maximum atomic E-state index is 10.6. The summed E-state index contributed by atoms with van der Waals surface area (Å²) in [6.07, 6.45) is 2.18. The number of hydrogen-bond donors (Lipinski definition) is 2. The predicted molar refractivity (Wildman–Crippen MR) is 81.1 cm³/mol. The van der Waals surface area contributed by atoms with E-state index in [-0.39, 0.29) is 0 Å². The molecule has 1 atom stereocenters. The minimum Gasteiger partial charge on any atom is -0.385 e. The molecule has 0 spiro atoms. The Bertz CT molecular complexity index is 538. The van der Waals surface area contributed by atoms with Crippen molar-refractivity contribution in [2.75, 3.05) is 5.73 Å². The Balaban J connectivity index is 2.23. The molecule has 0 aliphatic carbocycles. The molecule has 3 nitrogen and oxygen atoms in total. The molecule has 0 aliphatic rings. The molecule has 3 N–H and O–H groups in total. The average molecular weight is 354 g/mol. The molecule has 18 heavy (non-hydrogen) atoms. The van der Waals surface area contributed by atoms with E-state index in [0.29, 0.717) is 12.2 Å². The van der Waals surface area contributed by atoms with Crippen LogP contribution in [0.4, 0.5) is 5.82 Å². The van der Waals surface area contributed by atoms with Crippen LogP contribution in [0.2, 0.25) is 0 Å². The molecule has 0 amide bonds. The summed E-state index contributed by atoms with van der Waals surface area (Å²) in [7, 11) is 0. The van der Waals surface area contributed by atoms with Crippen molar-refractivity contribution in [3.05, 3.63) is 57.3 Å². The van der Waals surface area contributed by atoms with E-state index < -0.39 is 5.60 Å². The summed E-state index contributed by atoms with van der Waals surface area (Å²) < 4.78 is 1.15. The zero-order valence-corrected chi connectivity index (χ0v) is 12.3. The fraction of sp³-hybridized carbons (Fsp3) is 0.214. The Hall–Kier alpha value is -1.14. The zero-order valence-electron chi connectivity index (χ0n) is 10.1. The summed E-state index contributed by atoms with van der Waals surface area (Å²) in [6.45, 7) is 1.81. The lowest BCUT2D eigenvalue weighted by atomic mass is 9.89. The van der Waals surface area contributed by atoms with E-state index in [0.717, 1.165) is 14.7 Å². The Morgan fingerprint density at radius 1 is 1.28 bits per heavy atom. The molecule has 0 saturated heterocycles. The van der Waals surface area contributed by atoms with Gasteiger partial charge in [0.25, 0.3) is 0 Å². The van der Waals surface area contributed by atoms with Gasteiger partial charge in [0.2, 0.25) is 0 Å². The van der Waals surface area contributed by atoms with Crippen molar-refractivity contribution < 1.29 is 5.11 Å². The number of anilines is 1. The fourth-order valence-corrected chi connectivity index (χ4v) is 2.27. The van der Waals surface area contributed by atoms with Gasteiger partial charge in [-0.25, -0.2) is 4.98 Å². The van der Waals surface area contributed by atoms with Gasteiger partial charge in [-0.3, -0.25) is 0 Å². The van der Waals surface area contributed by atoms with Crippen LogP contribution in [0.15, 0.2) is 42.6 Å². The smallest absolute Gasteiger partial charge is 0.123 e. The molecule has 2 rings (SSSR count). The van der Waals surface area contributed by atoms with Gasteiger partial charge in [-0.05, 0) is 64.9 Å². The van der Waals surface area contributed by atoms with Gasteiger partial charge in [-0.2, -0.15) is 0 Å². The van der Waals surface area contributed by atoms with E-state index >= 15 is 0 Å². The first-order valence-electron chi connectivity index (χ1n) is 5.66. The van der Waals surface area contributed by atoms with Gasteiger partial charge in [0.05, 0.1) is 5.60 Å². The fourth-order valence-electron chi connectivity index (χ4n) is 1.91. The quantitative estimate of drug-likeness (QED) is 0.834. The van der Waals surface area contributed by atoms with Crippen LogP contribution >= 0.6 is 22.6 Å². The van der Waals surface area contributed by atoms with Crippen LogP contribution in [0.25, 0.3) is 0 Å². The second-order valence-corrected chi connectivity index (χ2v) is 5.79. The Morgan fingerprint density at radius 3 is 2.56 bits per heavy atom. The summed E-state index contributed by atoms with van der Waals surface area (Å²) in [4.78, 5) is 3.95. The number of nitrogens with two attached hydrogens (primary N) is 1. The molecule has 0 bridgehead atoms. The lowest BCUT2D eigenvalue weighted by molar-refractivity contribution is 0.0576. The minimum absolute atomic E-state index is 0.478. The topological polar surface area (TPSA) is 59.1 Å². The van der Waals surface area contributed by atoms with Crippen molar-refractivity contribution in [1.82, 2.24) is 4.98 Å². The van der Waals surface area contributed by atoms with E-state index in [1.54, 1.807) is 12.3 Å². The number of pyridine rings is 1. The zero-order chi connectivity index (χ0) is 13.2. The highest BCUT2D eigenvalue weighted by Gasteiger charge is 2.23. The molecule has 0 fully saturated rings. The maximum Gasteiger partial charge on any atom is 0.123 e. The Morgan fingerprint density at radius 2 is 1.94 bits per heavy atom. The van der Waals surface area contributed by atoms with Crippen LogP contribution in [0.1, 0.15) is 18.1 Å². The molecule has 94 valence electrons. The van der Waals surface area contributed by atoms with Gasteiger partial charge in [0, 0.05) is 16.2 Å². The van der Waals surface area contributed by atoms with Gasteiger partial charge in [-0.1, -0.05) is 12.1 Å². The van der Waals surface area contributed by atoms with Crippen LogP contribution in [-0.2, 0) is 12.0 Å². The number of aliphatic hydroxyl groups is 1. The van der Waals surface area contributed by atoms with E-state index in [4.69, 9.17) is 5.73 Å². The lowest BCUT2D eigenvalue weighted by Crippen LogP contribution is -2.24. The Labute approximate surface area is 120 Å². The van der Waals surface area contributed by atoms with Crippen LogP contribution in [-0.4, -0.2) is 10.1 Å². The van der Waals surface area contributed by atoms with Crippen LogP contribution < -0.4 is 5.73 Å². The SMILES string of the molecule is CC(O)(Cc1ccnc(N)c1)c1ccc(I)cc1. The molecule has 1 unspecified atom stereocenters. The van der Waals surface area contributed by atoms with Crippen molar-refractivity contribution in [3.63, 3.8) is 0 Å². The molecule has 1 aromatic carbocycles. The van der Waals surface area contributed by atoms with Crippen LogP contribution in [0.3, 0.4) is 0 Å². The molecule has 4 heteroatoms. The summed E-state index contributed by atoms with van der Waals surface area (Å²) in [5, 5.41) is 10.6. The second kappa shape index (κ2) is 5.24. The monoisotopic (exact) mass is 354 g/mol. The predicted octanol–water partition coefficient (Wildman–Crippen LogP) is 2.72. The van der Waals surface area contributed by atoms with Gasteiger partial charge >= 0.3 is 0 Å². The molecule has 1 heterocycles. The first-order valence-corrected chi connectivity index (χ1v) is 6.74.